The van der Waals surface area contributed by atoms with Crippen LogP contribution in [0.2, 0.25) is 0 Å². The fraction of sp³-hybridized carbons (Fsp3) is 0.529. The molecule has 1 heterocycles. The highest BCUT2D eigenvalue weighted by Gasteiger charge is 2.22. The van der Waals surface area contributed by atoms with E-state index in [1.54, 1.807) is 0 Å². The molecule has 1 fully saturated rings. The molecule has 1 aromatic carbocycles. The summed E-state index contributed by atoms with van der Waals surface area (Å²) in [5.41, 5.74) is 6.32. The summed E-state index contributed by atoms with van der Waals surface area (Å²) in [7, 11) is 0. The standard InChI is InChI=1S/C17H24N2O2/c1-14-13-21-15(2)12-19(14)9-10-20-17-7-3-5-16(11-17)6-4-8-18/h3,5,7,11,14-15H,8-10,12-13,18H2,1-2H3. The Morgan fingerprint density at radius 3 is 3.10 bits per heavy atom. The number of hydrogen-bond acceptors (Lipinski definition) is 4. The van der Waals surface area contributed by atoms with E-state index in [2.05, 4.69) is 30.6 Å². The number of nitrogens with two attached hydrogens (primary N) is 1. The van der Waals surface area contributed by atoms with Gasteiger partial charge < -0.3 is 15.2 Å². The molecule has 0 aromatic heterocycles. The molecule has 1 saturated heterocycles. The Hall–Kier alpha value is -1.54. The molecule has 0 aliphatic carbocycles. The summed E-state index contributed by atoms with van der Waals surface area (Å²) in [4.78, 5) is 2.41. The maximum Gasteiger partial charge on any atom is 0.120 e. The third-order valence-electron chi connectivity index (χ3n) is 3.55. The van der Waals surface area contributed by atoms with Gasteiger partial charge in [-0.05, 0) is 32.0 Å². The van der Waals surface area contributed by atoms with Crippen molar-refractivity contribution in [2.24, 2.45) is 5.73 Å². The molecule has 21 heavy (non-hydrogen) atoms. The Morgan fingerprint density at radius 2 is 2.29 bits per heavy atom. The monoisotopic (exact) mass is 288 g/mol. The second-order valence-electron chi connectivity index (χ2n) is 5.37. The predicted molar refractivity (Wildman–Crippen MR) is 84.3 cm³/mol. The number of hydrogen-bond donors (Lipinski definition) is 1. The number of benzene rings is 1. The first-order valence-corrected chi connectivity index (χ1v) is 7.46. The Kier molecular flexibility index (Phi) is 6.06. The summed E-state index contributed by atoms with van der Waals surface area (Å²) < 4.78 is 11.5. The molecule has 4 heteroatoms. The molecule has 2 N–H and O–H groups in total. The molecule has 1 aliphatic heterocycles. The van der Waals surface area contributed by atoms with Crippen LogP contribution in [0.25, 0.3) is 0 Å². The fourth-order valence-corrected chi connectivity index (χ4v) is 2.38. The van der Waals surface area contributed by atoms with Gasteiger partial charge in [-0.25, -0.2) is 0 Å². The Morgan fingerprint density at radius 1 is 1.43 bits per heavy atom. The highest BCUT2D eigenvalue weighted by molar-refractivity contribution is 5.39. The molecule has 114 valence electrons. The summed E-state index contributed by atoms with van der Waals surface area (Å²) in [6, 6.07) is 8.27. The second kappa shape index (κ2) is 8.04. The van der Waals surface area contributed by atoms with Gasteiger partial charge in [0.2, 0.25) is 0 Å². The van der Waals surface area contributed by atoms with Crippen LogP contribution in [-0.4, -0.2) is 49.9 Å². The zero-order valence-corrected chi connectivity index (χ0v) is 12.8. The van der Waals surface area contributed by atoms with Crippen LogP contribution in [-0.2, 0) is 4.74 Å². The SMILES string of the molecule is CC1CN(CCOc2cccc(C#CCN)c2)C(C)CO1. The molecule has 1 aliphatic rings. The summed E-state index contributed by atoms with van der Waals surface area (Å²) >= 11 is 0. The van der Waals surface area contributed by atoms with Crippen LogP contribution < -0.4 is 10.5 Å². The van der Waals surface area contributed by atoms with E-state index in [1.165, 1.54) is 0 Å². The largest absolute Gasteiger partial charge is 0.492 e. The van der Waals surface area contributed by atoms with Gasteiger partial charge in [0.05, 0.1) is 19.3 Å². The van der Waals surface area contributed by atoms with Crippen LogP contribution in [0.4, 0.5) is 0 Å². The van der Waals surface area contributed by atoms with Gasteiger partial charge in [0.25, 0.3) is 0 Å². The minimum absolute atomic E-state index is 0.302. The van der Waals surface area contributed by atoms with Crippen molar-refractivity contribution < 1.29 is 9.47 Å². The number of ether oxygens (including phenoxy) is 2. The first-order valence-electron chi connectivity index (χ1n) is 7.46. The first kappa shape index (κ1) is 15.8. The van der Waals surface area contributed by atoms with Crippen molar-refractivity contribution in [2.75, 3.05) is 32.8 Å². The van der Waals surface area contributed by atoms with Gasteiger partial charge in [-0.2, -0.15) is 0 Å². The van der Waals surface area contributed by atoms with Crippen LogP contribution in [0.3, 0.4) is 0 Å². The fourth-order valence-electron chi connectivity index (χ4n) is 2.38. The van der Waals surface area contributed by atoms with Crippen molar-refractivity contribution in [3.63, 3.8) is 0 Å². The molecule has 0 saturated carbocycles. The molecule has 0 amide bonds. The molecule has 1 aromatic rings. The summed E-state index contributed by atoms with van der Waals surface area (Å²) in [5.74, 6) is 6.72. The average molecular weight is 288 g/mol. The lowest BCUT2D eigenvalue weighted by atomic mass is 10.2. The zero-order chi connectivity index (χ0) is 15.1. The number of rotatable bonds is 4. The third kappa shape index (κ3) is 5.05. The normalized spacial score (nSPS) is 22.4. The molecule has 2 rings (SSSR count). The molecule has 4 nitrogen and oxygen atoms in total. The van der Waals surface area contributed by atoms with E-state index in [0.29, 0.717) is 25.3 Å². The Balaban J connectivity index is 1.83. The van der Waals surface area contributed by atoms with E-state index in [0.717, 1.165) is 31.0 Å². The van der Waals surface area contributed by atoms with Gasteiger partial charge in [-0.1, -0.05) is 17.9 Å². The maximum absolute atomic E-state index is 5.83. The van der Waals surface area contributed by atoms with Gasteiger partial charge in [0.15, 0.2) is 0 Å². The molecular weight excluding hydrogens is 264 g/mol. The van der Waals surface area contributed by atoms with Crippen LogP contribution in [0.1, 0.15) is 19.4 Å². The van der Waals surface area contributed by atoms with E-state index in [-0.39, 0.29) is 0 Å². The Bertz CT molecular complexity index is 507. The second-order valence-corrected chi connectivity index (χ2v) is 5.37. The van der Waals surface area contributed by atoms with E-state index < -0.39 is 0 Å². The van der Waals surface area contributed by atoms with Crippen LogP contribution in [0.5, 0.6) is 5.75 Å². The lowest BCUT2D eigenvalue weighted by molar-refractivity contribution is -0.0522. The van der Waals surface area contributed by atoms with E-state index in [9.17, 15) is 0 Å². The average Bonchev–Trinajstić information content (AvgIpc) is 2.49. The summed E-state index contributed by atoms with van der Waals surface area (Å²) in [5, 5.41) is 0. The van der Waals surface area contributed by atoms with Gasteiger partial charge in [0.1, 0.15) is 12.4 Å². The van der Waals surface area contributed by atoms with E-state index in [4.69, 9.17) is 15.2 Å². The molecule has 0 bridgehead atoms. The third-order valence-corrected chi connectivity index (χ3v) is 3.55. The lowest BCUT2D eigenvalue weighted by Crippen LogP contribution is -2.48. The van der Waals surface area contributed by atoms with Crippen LogP contribution in [0, 0.1) is 11.8 Å². The topological polar surface area (TPSA) is 47.7 Å². The quantitative estimate of drug-likeness (QED) is 0.853. The predicted octanol–water partition coefficient (Wildman–Crippen LogP) is 1.48. The minimum Gasteiger partial charge on any atom is -0.492 e. The van der Waals surface area contributed by atoms with Crippen molar-refractivity contribution in [3.05, 3.63) is 29.8 Å². The highest BCUT2D eigenvalue weighted by Crippen LogP contribution is 2.14. The van der Waals surface area contributed by atoms with E-state index in [1.807, 2.05) is 24.3 Å². The molecule has 0 spiro atoms. The van der Waals surface area contributed by atoms with Crippen molar-refractivity contribution in [3.8, 4) is 17.6 Å². The first-order chi connectivity index (χ1) is 10.2. The van der Waals surface area contributed by atoms with E-state index >= 15 is 0 Å². The molecule has 2 unspecified atom stereocenters. The Labute approximate surface area is 127 Å². The van der Waals surface area contributed by atoms with Gasteiger partial charge >= 0.3 is 0 Å². The van der Waals surface area contributed by atoms with Gasteiger partial charge in [-0.15, -0.1) is 0 Å². The van der Waals surface area contributed by atoms with Crippen molar-refractivity contribution in [1.29, 1.82) is 0 Å². The summed E-state index contributed by atoms with van der Waals surface area (Å²) in [6.07, 6.45) is 0.302. The van der Waals surface area contributed by atoms with Gasteiger partial charge in [-0.3, -0.25) is 4.90 Å². The van der Waals surface area contributed by atoms with Crippen LogP contribution >= 0.6 is 0 Å². The summed E-state index contributed by atoms with van der Waals surface area (Å²) in [6.45, 7) is 8.02. The number of nitrogens with zero attached hydrogens (tertiary/aromatic N) is 1. The van der Waals surface area contributed by atoms with Crippen molar-refractivity contribution >= 4 is 0 Å². The van der Waals surface area contributed by atoms with Crippen molar-refractivity contribution in [1.82, 2.24) is 4.90 Å². The maximum atomic E-state index is 5.83. The highest BCUT2D eigenvalue weighted by atomic mass is 16.5. The minimum atomic E-state index is 0.302. The van der Waals surface area contributed by atoms with Crippen molar-refractivity contribution in [2.45, 2.75) is 26.0 Å². The number of morpholine rings is 1. The van der Waals surface area contributed by atoms with Gasteiger partial charge in [0, 0.05) is 24.7 Å². The lowest BCUT2D eigenvalue weighted by Gasteiger charge is -2.36. The molecule has 0 radical (unpaired) electrons. The zero-order valence-electron chi connectivity index (χ0n) is 12.8. The molecule has 2 atom stereocenters. The smallest absolute Gasteiger partial charge is 0.120 e. The molecular formula is C17H24N2O2. The van der Waals surface area contributed by atoms with Crippen LogP contribution in [0.15, 0.2) is 24.3 Å².